The van der Waals surface area contributed by atoms with E-state index >= 15 is 0 Å². The maximum absolute atomic E-state index is 11.6. The highest BCUT2D eigenvalue weighted by atomic mass is 16.4. The minimum Gasteiger partial charge on any atom is -0.480 e. The molecular formula is C16H13N3O2. The lowest BCUT2D eigenvalue weighted by Crippen LogP contribution is -2.46. The van der Waals surface area contributed by atoms with E-state index in [0.717, 1.165) is 11.1 Å². The van der Waals surface area contributed by atoms with Crippen molar-refractivity contribution in [3.8, 4) is 6.07 Å². The number of aliphatic carboxylic acids is 1. The van der Waals surface area contributed by atoms with Crippen LogP contribution in [0.25, 0.3) is 0 Å². The fourth-order valence-corrected chi connectivity index (χ4v) is 2.71. The van der Waals surface area contributed by atoms with Gasteiger partial charge >= 0.3 is 5.97 Å². The van der Waals surface area contributed by atoms with Gasteiger partial charge in [0.2, 0.25) is 0 Å². The monoisotopic (exact) mass is 279 g/mol. The fourth-order valence-electron chi connectivity index (χ4n) is 2.71. The van der Waals surface area contributed by atoms with Crippen LogP contribution in [-0.4, -0.2) is 22.1 Å². The molecule has 0 saturated heterocycles. The van der Waals surface area contributed by atoms with E-state index in [-0.39, 0.29) is 0 Å². The number of carboxylic acids is 1. The van der Waals surface area contributed by atoms with Crippen molar-refractivity contribution in [2.75, 3.05) is 4.90 Å². The molecule has 0 radical (unpaired) electrons. The summed E-state index contributed by atoms with van der Waals surface area (Å²) in [5.74, 6) is -0.891. The molecule has 1 aliphatic rings. The van der Waals surface area contributed by atoms with E-state index in [9.17, 15) is 15.2 Å². The van der Waals surface area contributed by atoms with E-state index < -0.39 is 12.0 Å². The smallest absolute Gasteiger partial charge is 0.326 e. The molecule has 1 unspecified atom stereocenters. The molecule has 2 heterocycles. The van der Waals surface area contributed by atoms with Crippen LogP contribution in [0.5, 0.6) is 0 Å². The van der Waals surface area contributed by atoms with Crippen molar-refractivity contribution in [1.82, 2.24) is 4.98 Å². The number of rotatable bonds is 2. The molecule has 1 aromatic heterocycles. The molecule has 0 amide bonds. The number of carboxylic acid groups (broad SMARTS) is 1. The number of nitrogens with zero attached hydrogens (tertiary/aromatic N) is 3. The summed E-state index contributed by atoms with van der Waals surface area (Å²) in [6.45, 7) is 0.466. The molecule has 1 aromatic carbocycles. The van der Waals surface area contributed by atoms with E-state index in [1.54, 1.807) is 17.2 Å². The van der Waals surface area contributed by atoms with Crippen LogP contribution >= 0.6 is 0 Å². The Labute approximate surface area is 122 Å². The van der Waals surface area contributed by atoms with Gasteiger partial charge in [0, 0.05) is 19.2 Å². The highest BCUT2D eigenvalue weighted by Gasteiger charge is 2.32. The summed E-state index contributed by atoms with van der Waals surface area (Å²) in [4.78, 5) is 17.4. The van der Waals surface area contributed by atoms with Gasteiger partial charge in [-0.25, -0.2) is 4.79 Å². The fraction of sp³-hybridized carbons (Fsp3) is 0.188. The highest BCUT2D eigenvalue weighted by Crippen LogP contribution is 2.30. The van der Waals surface area contributed by atoms with Gasteiger partial charge < -0.3 is 10.0 Å². The zero-order valence-electron chi connectivity index (χ0n) is 11.2. The second kappa shape index (κ2) is 5.25. The van der Waals surface area contributed by atoms with Crippen LogP contribution in [0, 0.1) is 11.3 Å². The van der Waals surface area contributed by atoms with E-state index in [2.05, 4.69) is 11.1 Å². The zero-order chi connectivity index (χ0) is 14.8. The van der Waals surface area contributed by atoms with Crippen LogP contribution in [0.2, 0.25) is 0 Å². The summed E-state index contributed by atoms with van der Waals surface area (Å²) in [5.41, 5.74) is 3.14. The maximum atomic E-state index is 11.6. The number of fused-ring (bicyclic) bond motifs is 1. The Morgan fingerprint density at radius 1 is 1.33 bits per heavy atom. The number of pyridine rings is 1. The SMILES string of the molecule is N#Cc1ccncc1N1Cc2ccccc2CC1C(=O)O. The molecular weight excluding hydrogens is 266 g/mol. The summed E-state index contributed by atoms with van der Waals surface area (Å²) >= 11 is 0. The Morgan fingerprint density at radius 2 is 2.10 bits per heavy atom. The van der Waals surface area contributed by atoms with Crippen molar-refractivity contribution in [1.29, 1.82) is 5.26 Å². The Balaban J connectivity index is 2.08. The number of hydrogen-bond donors (Lipinski definition) is 1. The number of hydrogen-bond acceptors (Lipinski definition) is 4. The minimum absolute atomic E-state index is 0.422. The minimum atomic E-state index is -0.891. The summed E-state index contributed by atoms with van der Waals surface area (Å²) < 4.78 is 0. The van der Waals surface area contributed by atoms with E-state index in [0.29, 0.717) is 24.2 Å². The van der Waals surface area contributed by atoms with Gasteiger partial charge in [0.1, 0.15) is 12.1 Å². The topological polar surface area (TPSA) is 77.2 Å². The van der Waals surface area contributed by atoms with Crippen LogP contribution < -0.4 is 4.90 Å². The van der Waals surface area contributed by atoms with Crippen molar-refractivity contribution in [2.24, 2.45) is 0 Å². The first-order chi connectivity index (χ1) is 10.2. The average molecular weight is 279 g/mol. The van der Waals surface area contributed by atoms with Crippen LogP contribution in [0.4, 0.5) is 5.69 Å². The quantitative estimate of drug-likeness (QED) is 0.909. The summed E-state index contributed by atoms with van der Waals surface area (Å²) in [7, 11) is 0. The molecule has 104 valence electrons. The lowest BCUT2D eigenvalue weighted by Gasteiger charge is -2.36. The third-order valence-corrected chi connectivity index (χ3v) is 3.76. The standard InChI is InChI=1S/C16H13N3O2/c17-8-12-5-6-18-9-15(12)19-10-13-4-2-1-3-11(13)7-14(19)16(20)21/h1-6,9,14H,7,10H2,(H,20,21). The third-order valence-electron chi connectivity index (χ3n) is 3.76. The van der Waals surface area contributed by atoms with E-state index in [1.807, 2.05) is 24.3 Å². The van der Waals surface area contributed by atoms with E-state index in [4.69, 9.17) is 0 Å². The molecule has 0 bridgehead atoms. The number of aromatic nitrogens is 1. The first kappa shape index (κ1) is 13.1. The van der Waals surface area contributed by atoms with Gasteiger partial charge in [-0.2, -0.15) is 5.26 Å². The predicted octanol–water partition coefficient (Wildman–Crippen LogP) is 1.97. The van der Waals surface area contributed by atoms with Crippen molar-refractivity contribution >= 4 is 11.7 Å². The second-order valence-corrected chi connectivity index (χ2v) is 4.96. The normalized spacial score (nSPS) is 16.9. The average Bonchev–Trinajstić information content (AvgIpc) is 2.53. The maximum Gasteiger partial charge on any atom is 0.326 e. The van der Waals surface area contributed by atoms with Gasteiger partial charge in [-0.1, -0.05) is 24.3 Å². The largest absolute Gasteiger partial charge is 0.480 e. The Bertz CT molecular complexity index is 736. The third kappa shape index (κ3) is 2.32. The van der Waals surface area contributed by atoms with Gasteiger partial charge in [0.15, 0.2) is 0 Å². The first-order valence-corrected chi connectivity index (χ1v) is 6.61. The number of nitriles is 1. The molecule has 2 aromatic rings. The Kier molecular flexibility index (Phi) is 3.28. The van der Waals surface area contributed by atoms with Crippen molar-refractivity contribution in [3.63, 3.8) is 0 Å². The predicted molar refractivity (Wildman–Crippen MR) is 76.7 cm³/mol. The Hall–Kier alpha value is -2.87. The van der Waals surface area contributed by atoms with Crippen molar-refractivity contribution in [2.45, 2.75) is 19.0 Å². The summed E-state index contributed by atoms with van der Waals surface area (Å²) in [5, 5.41) is 18.7. The van der Waals surface area contributed by atoms with E-state index in [1.165, 1.54) is 6.20 Å². The lowest BCUT2D eigenvalue weighted by molar-refractivity contribution is -0.138. The number of anilines is 1. The van der Waals surface area contributed by atoms with Gasteiger partial charge in [0.25, 0.3) is 0 Å². The van der Waals surface area contributed by atoms with Crippen molar-refractivity contribution < 1.29 is 9.90 Å². The van der Waals surface area contributed by atoms with Crippen LogP contribution in [0.3, 0.4) is 0 Å². The molecule has 21 heavy (non-hydrogen) atoms. The molecule has 5 nitrogen and oxygen atoms in total. The van der Waals surface area contributed by atoms with Crippen molar-refractivity contribution in [3.05, 3.63) is 59.4 Å². The molecule has 5 heteroatoms. The van der Waals surface area contributed by atoms with Crippen LogP contribution in [0.15, 0.2) is 42.7 Å². The molecule has 3 rings (SSSR count). The lowest BCUT2D eigenvalue weighted by atomic mass is 9.93. The van der Waals surface area contributed by atoms with Gasteiger partial charge in [-0.3, -0.25) is 4.98 Å². The van der Waals surface area contributed by atoms with Gasteiger partial charge in [-0.15, -0.1) is 0 Å². The number of benzene rings is 1. The first-order valence-electron chi connectivity index (χ1n) is 6.61. The van der Waals surface area contributed by atoms with Crippen LogP contribution in [-0.2, 0) is 17.8 Å². The zero-order valence-corrected chi connectivity index (χ0v) is 11.2. The molecule has 0 aliphatic carbocycles. The molecule has 1 aliphatic heterocycles. The highest BCUT2D eigenvalue weighted by molar-refractivity contribution is 5.80. The van der Waals surface area contributed by atoms with Crippen LogP contribution in [0.1, 0.15) is 16.7 Å². The molecule has 0 spiro atoms. The number of carbonyl (C=O) groups is 1. The molecule has 0 fully saturated rings. The second-order valence-electron chi connectivity index (χ2n) is 4.96. The molecule has 0 saturated carbocycles. The van der Waals surface area contributed by atoms with Gasteiger partial charge in [-0.05, 0) is 17.2 Å². The molecule has 1 N–H and O–H groups in total. The summed E-state index contributed by atoms with van der Waals surface area (Å²) in [6, 6.07) is 10.8. The summed E-state index contributed by atoms with van der Waals surface area (Å²) in [6.07, 6.45) is 3.52. The van der Waals surface area contributed by atoms with Gasteiger partial charge in [0.05, 0.1) is 17.4 Å². The Morgan fingerprint density at radius 3 is 2.81 bits per heavy atom. The molecule has 1 atom stereocenters.